The largest absolute Gasteiger partial charge is 0.465 e. The Kier molecular flexibility index (Phi) is 4.47. The Morgan fingerprint density at radius 3 is 2.80 bits per heavy atom. The number of ether oxygens (including phenoxy) is 1. The third-order valence-electron chi connectivity index (χ3n) is 2.58. The fraction of sp³-hybridized carbons (Fsp3) is 0.143. The van der Waals surface area contributed by atoms with Crippen LogP contribution in [0.3, 0.4) is 0 Å². The van der Waals surface area contributed by atoms with Crippen LogP contribution in [0.15, 0.2) is 35.7 Å². The second kappa shape index (κ2) is 6.29. The average Bonchev–Trinajstić information content (AvgIpc) is 2.93. The Hall–Kier alpha value is -2.21. The summed E-state index contributed by atoms with van der Waals surface area (Å²) in [6.45, 7) is 0. The van der Waals surface area contributed by atoms with Crippen LogP contribution in [-0.2, 0) is 16.0 Å². The van der Waals surface area contributed by atoms with Gasteiger partial charge >= 0.3 is 5.97 Å². The van der Waals surface area contributed by atoms with Crippen LogP contribution in [0, 0.1) is 5.82 Å². The number of nitrogens with one attached hydrogen (secondary N) is 1. The molecule has 0 radical (unpaired) electrons. The van der Waals surface area contributed by atoms with E-state index in [0.717, 1.165) is 10.9 Å². The zero-order valence-electron chi connectivity index (χ0n) is 10.7. The summed E-state index contributed by atoms with van der Waals surface area (Å²) >= 11 is 1.45. The molecule has 0 unspecified atom stereocenters. The van der Waals surface area contributed by atoms with Gasteiger partial charge in [0.15, 0.2) is 0 Å². The molecule has 0 atom stereocenters. The Labute approximate surface area is 119 Å². The van der Waals surface area contributed by atoms with E-state index in [1.165, 1.54) is 30.6 Å². The van der Waals surface area contributed by atoms with E-state index in [-0.39, 0.29) is 23.6 Å². The van der Waals surface area contributed by atoms with Crippen LogP contribution in [0.1, 0.15) is 15.2 Å². The Balaban J connectivity index is 2.12. The monoisotopic (exact) mass is 293 g/mol. The summed E-state index contributed by atoms with van der Waals surface area (Å²) in [5.41, 5.74) is 0.148. The van der Waals surface area contributed by atoms with Crippen LogP contribution >= 0.6 is 11.3 Å². The molecule has 6 heteroatoms. The predicted octanol–water partition coefficient (Wildman–Crippen LogP) is 2.86. The normalized spacial score (nSPS) is 10.1. The Bertz CT molecular complexity index is 625. The molecule has 0 spiro atoms. The number of carbonyl (C=O) groups is 2. The lowest BCUT2D eigenvalue weighted by atomic mass is 10.2. The van der Waals surface area contributed by atoms with Crippen LogP contribution in [0.25, 0.3) is 0 Å². The average molecular weight is 293 g/mol. The number of esters is 1. The minimum atomic E-state index is -0.600. The zero-order valence-corrected chi connectivity index (χ0v) is 11.5. The van der Waals surface area contributed by atoms with E-state index in [0.29, 0.717) is 0 Å². The third kappa shape index (κ3) is 3.42. The summed E-state index contributed by atoms with van der Waals surface area (Å²) in [7, 11) is 1.24. The lowest BCUT2D eigenvalue weighted by Gasteiger charge is -2.07. The minimum absolute atomic E-state index is 0.0329. The van der Waals surface area contributed by atoms with E-state index >= 15 is 0 Å². The van der Waals surface area contributed by atoms with Crippen molar-refractivity contribution in [1.82, 2.24) is 0 Å². The molecular weight excluding hydrogens is 281 g/mol. The molecule has 1 aromatic carbocycles. The molecule has 0 aliphatic rings. The van der Waals surface area contributed by atoms with E-state index in [1.54, 1.807) is 0 Å². The zero-order chi connectivity index (χ0) is 14.5. The molecule has 2 rings (SSSR count). The number of thiophene rings is 1. The second-order valence-electron chi connectivity index (χ2n) is 3.99. The molecule has 1 N–H and O–H groups in total. The fourth-order valence-electron chi connectivity index (χ4n) is 1.63. The molecule has 1 heterocycles. The Morgan fingerprint density at radius 1 is 1.35 bits per heavy atom. The number of benzene rings is 1. The number of anilines is 1. The summed E-state index contributed by atoms with van der Waals surface area (Å²) in [6, 6.07) is 7.34. The molecule has 0 fully saturated rings. The molecule has 0 aliphatic carbocycles. The molecule has 0 saturated heterocycles. The lowest BCUT2D eigenvalue weighted by Crippen LogP contribution is -2.15. The van der Waals surface area contributed by atoms with E-state index in [9.17, 15) is 14.0 Å². The van der Waals surface area contributed by atoms with Crippen molar-refractivity contribution in [3.05, 3.63) is 52.0 Å². The van der Waals surface area contributed by atoms with Gasteiger partial charge in [-0.2, -0.15) is 0 Å². The fourth-order valence-corrected chi connectivity index (χ4v) is 2.34. The van der Waals surface area contributed by atoms with E-state index in [1.807, 2.05) is 17.5 Å². The van der Waals surface area contributed by atoms with E-state index in [2.05, 4.69) is 10.1 Å². The smallest absolute Gasteiger partial charge is 0.337 e. The van der Waals surface area contributed by atoms with Gasteiger partial charge in [-0.25, -0.2) is 9.18 Å². The minimum Gasteiger partial charge on any atom is -0.465 e. The quantitative estimate of drug-likeness (QED) is 0.882. The summed E-state index contributed by atoms with van der Waals surface area (Å²) in [5.74, 6) is -1.52. The van der Waals surface area contributed by atoms with Gasteiger partial charge in [0.1, 0.15) is 5.82 Å². The molecule has 0 aliphatic heterocycles. The SMILES string of the molecule is COC(=O)c1ccc(F)c(NC(=O)Cc2cccs2)c1. The van der Waals surface area contributed by atoms with Crippen molar-refractivity contribution >= 4 is 28.9 Å². The summed E-state index contributed by atoms with van der Waals surface area (Å²) in [6.07, 6.45) is 0.166. The number of hydrogen-bond donors (Lipinski definition) is 1. The maximum Gasteiger partial charge on any atom is 0.337 e. The highest BCUT2D eigenvalue weighted by Gasteiger charge is 2.12. The maximum atomic E-state index is 13.6. The van der Waals surface area contributed by atoms with E-state index in [4.69, 9.17) is 0 Å². The highest BCUT2D eigenvalue weighted by molar-refractivity contribution is 7.10. The van der Waals surface area contributed by atoms with Crippen molar-refractivity contribution in [2.24, 2.45) is 0 Å². The number of hydrogen-bond acceptors (Lipinski definition) is 4. The van der Waals surface area contributed by atoms with Gasteiger partial charge in [-0.15, -0.1) is 11.3 Å². The first-order valence-corrected chi connectivity index (χ1v) is 6.68. The first-order chi connectivity index (χ1) is 9.60. The van der Waals surface area contributed by atoms with Crippen molar-refractivity contribution in [2.45, 2.75) is 6.42 Å². The maximum absolute atomic E-state index is 13.6. The lowest BCUT2D eigenvalue weighted by molar-refractivity contribution is -0.115. The molecule has 1 aromatic heterocycles. The topological polar surface area (TPSA) is 55.4 Å². The summed E-state index contributed by atoms with van der Waals surface area (Å²) in [5, 5.41) is 4.31. The summed E-state index contributed by atoms with van der Waals surface area (Å²) in [4.78, 5) is 24.0. The summed E-state index contributed by atoms with van der Waals surface area (Å²) < 4.78 is 18.2. The highest BCUT2D eigenvalue weighted by Crippen LogP contribution is 2.18. The van der Waals surface area contributed by atoms with Gasteiger partial charge in [0.05, 0.1) is 24.8 Å². The van der Waals surface area contributed by atoms with Crippen LogP contribution in [0.2, 0.25) is 0 Å². The van der Waals surface area contributed by atoms with Gasteiger partial charge in [0.2, 0.25) is 5.91 Å². The molecule has 0 bridgehead atoms. The van der Waals surface area contributed by atoms with Gasteiger partial charge in [-0.3, -0.25) is 4.79 Å². The first kappa shape index (κ1) is 14.2. The van der Waals surface area contributed by atoms with Crippen molar-refractivity contribution in [2.75, 3.05) is 12.4 Å². The molecule has 4 nitrogen and oxygen atoms in total. The van der Waals surface area contributed by atoms with Crippen molar-refractivity contribution in [1.29, 1.82) is 0 Å². The van der Waals surface area contributed by atoms with Gasteiger partial charge in [-0.1, -0.05) is 6.07 Å². The first-order valence-electron chi connectivity index (χ1n) is 5.80. The van der Waals surface area contributed by atoms with E-state index < -0.39 is 11.8 Å². The predicted molar refractivity (Wildman–Crippen MR) is 74.4 cm³/mol. The number of methoxy groups -OCH3 is 1. The van der Waals surface area contributed by atoms with Crippen LogP contribution in [0.5, 0.6) is 0 Å². The third-order valence-corrected chi connectivity index (χ3v) is 3.45. The number of amides is 1. The van der Waals surface area contributed by atoms with Gasteiger partial charge < -0.3 is 10.1 Å². The molecule has 1 amide bonds. The highest BCUT2D eigenvalue weighted by atomic mass is 32.1. The van der Waals surface area contributed by atoms with Crippen molar-refractivity contribution in [3.63, 3.8) is 0 Å². The second-order valence-corrected chi connectivity index (χ2v) is 5.02. The molecular formula is C14H12FNO3S. The standard InChI is InChI=1S/C14H12FNO3S/c1-19-14(18)9-4-5-11(15)12(7-9)16-13(17)8-10-3-2-6-20-10/h2-7H,8H2,1H3,(H,16,17). The Morgan fingerprint density at radius 2 is 2.15 bits per heavy atom. The number of halogens is 1. The van der Waals surface area contributed by atoms with Crippen LogP contribution in [0.4, 0.5) is 10.1 Å². The van der Waals surface area contributed by atoms with Crippen molar-refractivity contribution < 1.29 is 18.7 Å². The van der Waals surface area contributed by atoms with Gasteiger partial charge in [0, 0.05) is 4.88 Å². The van der Waals surface area contributed by atoms with Crippen LogP contribution in [-0.4, -0.2) is 19.0 Å². The number of carbonyl (C=O) groups excluding carboxylic acids is 2. The molecule has 20 heavy (non-hydrogen) atoms. The molecule has 2 aromatic rings. The molecule has 104 valence electrons. The van der Waals surface area contributed by atoms with Gasteiger partial charge in [-0.05, 0) is 29.6 Å². The van der Waals surface area contributed by atoms with Crippen LogP contribution < -0.4 is 5.32 Å². The number of rotatable bonds is 4. The van der Waals surface area contributed by atoms with Gasteiger partial charge in [0.25, 0.3) is 0 Å². The van der Waals surface area contributed by atoms with Crippen molar-refractivity contribution in [3.8, 4) is 0 Å². The molecule has 0 saturated carbocycles.